The lowest BCUT2D eigenvalue weighted by Gasteiger charge is -2.15. The van der Waals surface area contributed by atoms with Gasteiger partial charge < -0.3 is 5.32 Å². The van der Waals surface area contributed by atoms with Crippen LogP contribution in [0.25, 0.3) is 0 Å². The molecule has 0 spiro atoms. The lowest BCUT2D eigenvalue weighted by atomic mass is 10.2. The van der Waals surface area contributed by atoms with Crippen molar-refractivity contribution in [1.82, 2.24) is 10.2 Å². The molecule has 0 amide bonds. The Bertz CT molecular complexity index is 348. The fraction of sp³-hybridized carbons (Fsp3) is 0.500. The van der Waals surface area contributed by atoms with Gasteiger partial charge in [-0.05, 0) is 31.2 Å². The number of halogens is 2. The third-order valence-electron chi connectivity index (χ3n) is 3.01. The van der Waals surface area contributed by atoms with E-state index in [0.717, 1.165) is 25.6 Å². The molecule has 1 fully saturated rings. The van der Waals surface area contributed by atoms with Crippen molar-refractivity contribution in [3.8, 4) is 0 Å². The number of hydrogen-bond acceptors (Lipinski definition) is 2. The van der Waals surface area contributed by atoms with Crippen molar-refractivity contribution in [2.24, 2.45) is 0 Å². The van der Waals surface area contributed by atoms with Gasteiger partial charge in [-0.1, -0.05) is 0 Å². The van der Waals surface area contributed by atoms with Gasteiger partial charge in [-0.2, -0.15) is 0 Å². The van der Waals surface area contributed by atoms with Crippen molar-refractivity contribution < 1.29 is 8.78 Å². The molecule has 1 N–H and O–H groups in total. The van der Waals surface area contributed by atoms with Crippen LogP contribution in [0.5, 0.6) is 0 Å². The Labute approximate surface area is 94.3 Å². The molecule has 0 aliphatic carbocycles. The molecule has 0 bridgehead atoms. The summed E-state index contributed by atoms with van der Waals surface area (Å²) in [5.74, 6) is -1.00. The van der Waals surface area contributed by atoms with Crippen LogP contribution in [0.1, 0.15) is 12.0 Å². The lowest BCUT2D eigenvalue weighted by molar-refractivity contribution is 0.321. The minimum atomic E-state index is -0.501. The van der Waals surface area contributed by atoms with Gasteiger partial charge in [0, 0.05) is 31.7 Å². The van der Waals surface area contributed by atoms with E-state index < -0.39 is 11.6 Å². The van der Waals surface area contributed by atoms with Gasteiger partial charge in [0.15, 0.2) is 0 Å². The van der Waals surface area contributed by atoms with Gasteiger partial charge in [0.1, 0.15) is 11.6 Å². The maximum Gasteiger partial charge on any atom is 0.126 e. The number of nitrogens with one attached hydrogen (secondary N) is 1. The molecule has 1 aromatic rings. The van der Waals surface area contributed by atoms with Gasteiger partial charge in [-0.15, -0.1) is 0 Å². The van der Waals surface area contributed by atoms with Gasteiger partial charge in [0.2, 0.25) is 0 Å². The Kier molecular flexibility index (Phi) is 3.51. The molecular formula is C12H16F2N2. The molecule has 2 nitrogen and oxygen atoms in total. The van der Waals surface area contributed by atoms with Crippen LogP contribution in [-0.2, 0) is 6.54 Å². The number of benzene rings is 1. The quantitative estimate of drug-likeness (QED) is 0.844. The van der Waals surface area contributed by atoms with Crippen LogP contribution < -0.4 is 5.32 Å². The van der Waals surface area contributed by atoms with E-state index in [1.165, 1.54) is 12.1 Å². The third-order valence-corrected chi connectivity index (χ3v) is 3.01. The maximum atomic E-state index is 13.0. The normalized spacial score (nSPS) is 21.6. The summed E-state index contributed by atoms with van der Waals surface area (Å²) in [4.78, 5) is 2.20. The summed E-state index contributed by atoms with van der Waals surface area (Å²) < 4.78 is 25.9. The number of likely N-dealkylation sites (tertiary alicyclic amines) is 1. The van der Waals surface area contributed by atoms with E-state index in [-0.39, 0.29) is 0 Å². The van der Waals surface area contributed by atoms with Crippen molar-refractivity contribution in [3.63, 3.8) is 0 Å². The highest BCUT2D eigenvalue weighted by atomic mass is 19.1. The van der Waals surface area contributed by atoms with Gasteiger partial charge in [0.25, 0.3) is 0 Å². The van der Waals surface area contributed by atoms with Gasteiger partial charge in [-0.25, -0.2) is 8.78 Å². The van der Waals surface area contributed by atoms with Crippen LogP contribution in [0.15, 0.2) is 18.2 Å². The molecule has 1 saturated heterocycles. The molecule has 1 aliphatic rings. The standard InChI is InChI=1S/C12H16F2N2/c1-15-12-2-3-16(8-12)7-9-4-10(13)6-11(14)5-9/h4-6,12,15H,2-3,7-8H2,1H3. The van der Waals surface area contributed by atoms with E-state index in [0.29, 0.717) is 18.2 Å². The molecule has 1 atom stereocenters. The summed E-state index contributed by atoms with van der Waals surface area (Å²) in [5.41, 5.74) is 0.703. The second-order valence-electron chi connectivity index (χ2n) is 4.29. The van der Waals surface area contributed by atoms with Crippen molar-refractivity contribution in [2.75, 3.05) is 20.1 Å². The molecule has 1 heterocycles. The van der Waals surface area contributed by atoms with Gasteiger partial charge in [0.05, 0.1) is 0 Å². The van der Waals surface area contributed by atoms with E-state index in [4.69, 9.17) is 0 Å². The summed E-state index contributed by atoms with van der Waals surface area (Å²) >= 11 is 0. The number of likely N-dealkylation sites (N-methyl/N-ethyl adjacent to an activating group) is 1. The molecule has 0 saturated carbocycles. The predicted molar refractivity (Wildman–Crippen MR) is 59.1 cm³/mol. The fourth-order valence-corrected chi connectivity index (χ4v) is 2.17. The monoisotopic (exact) mass is 226 g/mol. The van der Waals surface area contributed by atoms with Gasteiger partial charge in [-0.3, -0.25) is 4.90 Å². The molecule has 16 heavy (non-hydrogen) atoms. The Morgan fingerprint density at radius 2 is 2.00 bits per heavy atom. The van der Waals surface area contributed by atoms with Crippen LogP contribution in [0, 0.1) is 11.6 Å². The van der Waals surface area contributed by atoms with Crippen molar-refractivity contribution in [3.05, 3.63) is 35.4 Å². The first-order valence-corrected chi connectivity index (χ1v) is 5.52. The Balaban J connectivity index is 1.99. The first-order valence-electron chi connectivity index (χ1n) is 5.52. The molecule has 1 aliphatic heterocycles. The van der Waals surface area contributed by atoms with Crippen molar-refractivity contribution in [1.29, 1.82) is 0 Å². The first kappa shape index (κ1) is 11.5. The Morgan fingerprint density at radius 3 is 2.56 bits per heavy atom. The second kappa shape index (κ2) is 4.89. The minimum Gasteiger partial charge on any atom is -0.316 e. The van der Waals surface area contributed by atoms with E-state index in [1.807, 2.05) is 7.05 Å². The third kappa shape index (κ3) is 2.77. The molecular weight excluding hydrogens is 210 g/mol. The number of rotatable bonds is 3. The molecule has 88 valence electrons. The number of hydrogen-bond donors (Lipinski definition) is 1. The van der Waals surface area contributed by atoms with Crippen molar-refractivity contribution in [2.45, 2.75) is 19.0 Å². The van der Waals surface area contributed by atoms with Crippen LogP contribution in [-0.4, -0.2) is 31.1 Å². The van der Waals surface area contributed by atoms with Crippen LogP contribution in [0.2, 0.25) is 0 Å². The average Bonchev–Trinajstić information content (AvgIpc) is 2.64. The molecule has 1 aromatic carbocycles. The molecule has 4 heteroatoms. The van der Waals surface area contributed by atoms with Crippen LogP contribution in [0.4, 0.5) is 8.78 Å². The highest BCUT2D eigenvalue weighted by molar-refractivity contribution is 5.18. The maximum absolute atomic E-state index is 13.0. The molecule has 0 aromatic heterocycles. The summed E-state index contributed by atoms with van der Waals surface area (Å²) in [5, 5.41) is 3.21. The SMILES string of the molecule is CNC1CCN(Cc2cc(F)cc(F)c2)C1. The zero-order valence-electron chi connectivity index (χ0n) is 9.34. The molecule has 1 unspecified atom stereocenters. The first-order chi connectivity index (χ1) is 7.67. The second-order valence-corrected chi connectivity index (χ2v) is 4.29. The summed E-state index contributed by atoms with van der Waals surface area (Å²) in [6, 6.07) is 4.20. The molecule has 2 rings (SSSR count). The lowest BCUT2D eigenvalue weighted by Crippen LogP contribution is -2.29. The fourth-order valence-electron chi connectivity index (χ4n) is 2.17. The van der Waals surface area contributed by atoms with E-state index in [9.17, 15) is 8.78 Å². The highest BCUT2D eigenvalue weighted by Gasteiger charge is 2.20. The van der Waals surface area contributed by atoms with Crippen molar-refractivity contribution >= 4 is 0 Å². The highest BCUT2D eigenvalue weighted by Crippen LogP contribution is 2.15. The topological polar surface area (TPSA) is 15.3 Å². The predicted octanol–water partition coefficient (Wildman–Crippen LogP) is 1.76. The average molecular weight is 226 g/mol. The largest absolute Gasteiger partial charge is 0.316 e. The Hall–Kier alpha value is -1.00. The van der Waals surface area contributed by atoms with Crippen LogP contribution in [0.3, 0.4) is 0 Å². The Morgan fingerprint density at radius 1 is 1.31 bits per heavy atom. The summed E-state index contributed by atoms with van der Waals surface area (Å²) in [7, 11) is 1.94. The summed E-state index contributed by atoms with van der Waals surface area (Å²) in [6.45, 7) is 2.53. The smallest absolute Gasteiger partial charge is 0.126 e. The van der Waals surface area contributed by atoms with E-state index in [2.05, 4.69) is 10.2 Å². The van der Waals surface area contributed by atoms with Crippen LogP contribution >= 0.6 is 0 Å². The van der Waals surface area contributed by atoms with E-state index >= 15 is 0 Å². The van der Waals surface area contributed by atoms with Gasteiger partial charge >= 0.3 is 0 Å². The summed E-state index contributed by atoms with van der Waals surface area (Å²) in [6.07, 6.45) is 1.09. The minimum absolute atomic E-state index is 0.499. The number of nitrogens with zero attached hydrogens (tertiary/aromatic N) is 1. The zero-order valence-corrected chi connectivity index (χ0v) is 9.34. The zero-order chi connectivity index (χ0) is 11.5. The molecule has 0 radical (unpaired) electrons. The van der Waals surface area contributed by atoms with E-state index in [1.54, 1.807) is 0 Å².